The topological polar surface area (TPSA) is 37.4 Å². The number of carbonyl (C=O) groups excluding carboxylic acids is 2. The first-order valence-corrected chi connectivity index (χ1v) is 11.2. The second kappa shape index (κ2) is 8.66. The highest BCUT2D eigenvalue weighted by Crippen LogP contribution is 2.34. The average molecular weight is 398 g/mol. The van der Waals surface area contributed by atoms with Gasteiger partial charge in [0.05, 0.1) is 10.6 Å². The normalized spacial score (nSPS) is 20.9. The van der Waals surface area contributed by atoms with E-state index in [0.29, 0.717) is 18.6 Å². The Labute approximate surface area is 173 Å². The molecule has 0 aromatic carbocycles. The zero-order valence-corrected chi connectivity index (χ0v) is 18.3. The lowest BCUT2D eigenvalue weighted by Gasteiger charge is -2.36. The summed E-state index contributed by atoms with van der Waals surface area (Å²) < 4.78 is 0. The number of carbonyl (C=O) groups is 2. The predicted octanol–water partition coefficient (Wildman–Crippen LogP) is 5.74. The molecule has 1 aromatic rings. The van der Waals surface area contributed by atoms with Crippen molar-refractivity contribution in [2.24, 2.45) is 11.3 Å². The lowest BCUT2D eigenvalue weighted by atomic mass is 9.87. The van der Waals surface area contributed by atoms with Crippen molar-refractivity contribution in [2.45, 2.75) is 78.7 Å². The molecule has 150 valence electrons. The van der Waals surface area contributed by atoms with E-state index in [1.54, 1.807) is 11.3 Å². The molecule has 2 aliphatic carbocycles. The summed E-state index contributed by atoms with van der Waals surface area (Å²) in [6, 6.07) is 2.18. The van der Waals surface area contributed by atoms with Crippen molar-refractivity contribution in [2.75, 3.05) is 4.90 Å². The van der Waals surface area contributed by atoms with Gasteiger partial charge >= 0.3 is 0 Å². The van der Waals surface area contributed by atoms with Gasteiger partial charge in [0, 0.05) is 35.6 Å². The lowest BCUT2D eigenvalue weighted by molar-refractivity contribution is -0.125. The Bertz CT molecular complexity index is 821. The highest BCUT2D eigenvalue weighted by atomic mass is 32.1. The number of allylic oxidation sites excluding steroid dienone is 2. The fourth-order valence-corrected chi connectivity index (χ4v) is 4.58. The smallest absolute Gasteiger partial charge is 0.230 e. The maximum atomic E-state index is 13.5. The first-order chi connectivity index (χ1) is 13.2. The van der Waals surface area contributed by atoms with Gasteiger partial charge in [-0.25, -0.2) is 0 Å². The van der Waals surface area contributed by atoms with Crippen molar-refractivity contribution < 1.29 is 9.59 Å². The highest BCUT2D eigenvalue weighted by molar-refractivity contribution is 7.11. The zero-order valence-electron chi connectivity index (χ0n) is 17.5. The molecule has 3 nitrogen and oxygen atoms in total. The third-order valence-corrected chi connectivity index (χ3v) is 6.36. The lowest BCUT2D eigenvalue weighted by Crippen LogP contribution is -2.45. The van der Waals surface area contributed by atoms with Gasteiger partial charge in [-0.15, -0.1) is 11.3 Å². The number of Topliss-reactive ketones (excluding diaryl/α,β-unsaturated/α-hetero) is 1. The number of hydrogen-bond donors (Lipinski definition) is 0. The first-order valence-electron chi connectivity index (χ1n) is 10.3. The van der Waals surface area contributed by atoms with Crippen molar-refractivity contribution in [3.63, 3.8) is 0 Å². The summed E-state index contributed by atoms with van der Waals surface area (Å²) >= 11 is 1.60. The van der Waals surface area contributed by atoms with Crippen molar-refractivity contribution in [3.05, 3.63) is 28.0 Å². The van der Waals surface area contributed by atoms with Gasteiger partial charge in [-0.05, 0) is 65.9 Å². The molecule has 2 aliphatic rings. The van der Waals surface area contributed by atoms with Gasteiger partial charge in [0.2, 0.25) is 5.91 Å². The molecule has 1 fully saturated rings. The molecule has 0 radical (unpaired) electrons. The van der Waals surface area contributed by atoms with Crippen LogP contribution in [0, 0.1) is 23.2 Å². The second-order valence-corrected chi connectivity index (χ2v) is 10.1. The summed E-state index contributed by atoms with van der Waals surface area (Å²) in [6.07, 6.45) is 7.66. The molecule has 1 heterocycles. The van der Waals surface area contributed by atoms with Crippen LogP contribution in [0.25, 0.3) is 0 Å². The molecule has 3 rings (SSSR count). The predicted molar refractivity (Wildman–Crippen MR) is 116 cm³/mol. The fraction of sp³-hybridized carbons (Fsp3) is 0.583. The van der Waals surface area contributed by atoms with Gasteiger partial charge in [-0.3, -0.25) is 9.59 Å². The van der Waals surface area contributed by atoms with Crippen LogP contribution in [0.4, 0.5) is 5.69 Å². The van der Waals surface area contributed by atoms with Gasteiger partial charge < -0.3 is 4.90 Å². The van der Waals surface area contributed by atoms with Gasteiger partial charge in [0.15, 0.2) is 0 Å². The average Bonchev–Trinajstić information content (AvgIpc) is 3.10. The molecule has 0 unspecified atom stereocenters. The molecular formula is C24H31NO2S. The molecule has 0 N–H and O–H groups in total. The van der Waals surface area contributed by atoms with E-state index in [4.69, 9.17) is 0 Å². The Morgan fingerprint density at radius 3 is 2.50 bits per heavy atom. The summed E-state index contributed by atoms with van der Waals surface area (Å²) in [5.74, 6) is 7.13. The van der Waals surface area contributed by atoms with Crippen LogP contribution in [0.5, 0.6) is 0 Å². The van der Waals surface area contributed by atoms with Gasteiger partial charge in [0.25, 0.3) is 0 Å². The van der Waals surface area contributed by atoms with Crippen LogP contribution in [0.1, 0.15) is 77.5 Å². The minimum absolute atomic E-state index is 0.0459. The number of nitrogens with zero attached hydrogens (tertiary/aromatic N) is 1. The van der Waals surface area contributed by atoms with E-state index >= 15 is 0 Å². The van der Waals surface area contributed by atoms with E-state index in [9.17, 15) is 9.59 Å². The van der Waals surface area contributed by atoms with Crippen LogP contribution in [-0.4, -0.2) is 17.7 Å². The quantitative estimate of drug-likeness (QED) is 0.482. The van der Waals surface area contributed by atoms with Crippen LogP contribution < -0.4 is 4.90 Å². The Morgan fingerprint density at radius 1 is 1.18 bits per heavy atom. The van der Waals surface area contributed by atoms with E-state index in [2.05, 4.69) is 57.1 Å². The molecule has 1 atom stereocenters. The molecular weight excluding hydrogens is 366 g/mol. The van der Waals surface area contributed by atoms with Crippen LogP contribution in [0.3, 0.4) is 0 Å². The second-order valence-electron chi connectivity index (χ2n) is 9.17. The highest BCUT2D eigenvalue weighted by Gasteiger charge is 2.33. The van der Waals surface area contributed by atoms with Gasteiger partial charge in [-0.2, -0.15) is 0 Å². The Kier molecular flexibility index (Phi) is 6.45. The number of hydrogen-bond acceptors (Lipinski definition) is 3. The van der Waals surface area contributed by atoms with Crippen molar-refractivity contribution in [1.29, 1.82) is 0 Å². The van der Waals surface area contributed by atoms with Crippen LogP contribution >= 0.6 is 11.3 Å². The number of amides is 1. The molecule has 0 spiro atoms. The van der Waals surface area contributed by atoms with Gasteiger partial charge in [-0.1, -0.05) is 23.5 Å². The number of rotatable bonds is 3. The number of ketones is 1. The van der Waals surface area contributed by atoms with E-state index in [-0.39, 0.29) is 23.3 Å². The summed E-state index contributed by atoms with van der Waals surface area (Å²) in [5.41, 5.74) is 2.29. The van der Waals surface area contributed by atoms with Crippen LogP contribution in [0.2, 0.25) is 0 Å². The third kappa shape index (κ3) is 5.35. The molecule has 1 amide bonds. The van der Waals surface area contributed by atoms with Crippen molar-refractivity contribution in [1.82, 2.24) is 0 Å². The zero-order chi connectivity index (χ0) is 20.3. The number of thiophene rings is 1. The minimum atomic E-state index is -0.0459. The molecule has 0 bridgehead atoms. The summed E-state index contributed by atoms with van der Waals surface area (Å²) in [4.78, 5) is 28.2. The standard InChI is InChI=1S/C24H31NO2S/c1-17-5-7-18(8-6-17)23(27)25(19-9-11-21(26)12-10-19)20-15-22(28-16-20)13-14-24(2,3)4/h5,15-16,18-19H,6-12H2,1-4H3/t18-/m0/s1. The van der Waals surface area contributed by atoms with E-state index < -0.39 is 0 Å². The maximum Gasteiger partial charge on any atom is 0.230 e. The van der Waals surface area contributed by atoms with E-state index in [1.807, 2.05) is 4.90 Å². The minimum Gasteiger partial charge on any atom is -0.308 e. The molecule has 1 saturated carbocycles. The SMILES string of the molecule is CC1=CC[C@H](C(=O)N(c2csc(C#CC(C)(C)C)c2)C2CCC(=O)CC2)CC1. The molecule has 0 saturated heterocycles. The monoisotopic (exact) mass is 397 g/mol. The Morgan fingerprint density at radius 2 is 1.89 bits per heavy atom. The molecule has 1 aromatic heterocycles. The van der Waals surface area contributed by atoms with Crippen LogP contribution in [-0.2, 0) is 9.59 Å². The van der Waals surface area contributed by atoms with Gasteiger partial charge in [0.1, 0.15) is 5.78 Å². The fourth-order valence-electron chi connectivity index (χ4n) is 3.85. The van der Waals surface area contributed by atoms with Crippen molar-refractivity contribution in [3.8, 4) is 11.8 Å². The van der Waals surface area contributed by atoms with Crippen molar-refractivity contribution >= 4 is 28.7 Å². The molecule has 28 heavy (non-hydrogen) atoms. The summed E-state index contributed by atoms with van der Waals surface area (Å²) in [7, 11) is 0. The third-order valence-electron chi connectivity index (χ3n) is 5.53. The Balaban J connectivity index is 1.86. The summed E-state index contributed by atoms with van der Waals surface area (Å²) in [5, 5.41) is 2.06. The Hall–Kier alpha value is -1.86. The summed E-state index contributed by atoms with van der Waals surface area (Å²) in [6.45, 7) is 8.44. The first kappa shape index (κ1) is 20.9. The number of anilines is 1. The maximum absolute atomic E-state index is 13.5. The molecule has 0 aliphatic heterocycles. The van der Waals surface area contributed by atoms with E-state index in [1.165, 1.54) is 5.57 Å². The molecule has 4 heteroatoms. The van der Waals surface area contributed by atoms with E-state index in [0.717, 1.165) is 42.7 Å². The van der Waals surface area contributed by atoms with Crippen LogP contribution in [0.15, 0.2) is 23.1 Å². The largest absolute Gasteiger partial charge is 0.308 e.